The maximum Gasteiger partial charge on any atom is 0.273 e. The molecular formula is C20H21N5O2S. The molecule has 0 saturated heterocycles. The number of hydrogen-bond acceptors (Lipinski definition) is 6. The zero-order valence-corrected chi connectivity index (χ0v) is 16.2. The van der Waals surface area contributed by atoms with Gasteiger partial charge in [0, 0.05) is 12.7 Å². The van der Waals surface area contributed by atoms with E-state index >= 15 is 0 Å². The standard InChI is InChI=1S/C20H21N5O2S/c26-20(18-19(14-6-7-14)28-24-22-18)21-10-16-17-15(8-9-27-16)12-25(23-17)11-13-4-2-1-3-5-13/h1-5,12,14,16H,6-11H2,(H,21,26). The lowest BCUT2D eigenvalue weighted by Crippen LogP contribution is -2.32. The second-order valence-electron chi connectivity index (χ2n) is 7.30. The highest BCUT2D eigenvalue weighted by atomic mass is 32.1. The summed E-state index contributed by atoms with van der Waals surface area (Å²) in [5.74, 6) is 0.294. The molecule has 144 valence electrons. The van der Waals surface area contributed by atoms with Gasteiger partial charge in [0.1, 0.15) is 6.10 Å². The summed E-state index contributed by atoms with van der Waals surface area (Å²) in [5.41, 5.74) is 3.78. The Morgan fingerprint density at radius 3 is 2.96 bits per heavy atom. The van der Waals surface area contributed by atoms with Crippen LogP contribution in [0.2, 0.25) is 0 Å². The molecule has 1 fully saturated rings. The van der Waals surface area contributed by atoms with Crippen LogP contribution in [0.1, 0.15) is 57.0 Å². The summed E-state index contributed by atoms with van der Waals surface area (Å²) in [5, 5.41) is 11.7. The fourth-order valence-corrected chi connectivity index (χ4v) is 4.39. The van der Waals surface area contributed by atoms with E-state index in [1.165, 1.54) is 22.7 Å². The van der Waals surface area contributed by atoms with Crippen LogP contribution in [-0.2, 0) is 17.7 Å². The Morgan fingerprint density at radius 1 is 1.29 bits per heavy atom. The van der Waals surface area contributed by atoms with Crippen molar-refractivity contribution in [2.24, 2.45) is 0 Å². The van der Waals surface area contributed by atoms with Crippen molar-refractivity contribution >= 4 is 17.4 Å². The average Bonchev–Trinajstić information content (AvgIpc) is 3.29. The summed E-state index contributed by atoms with van der Waals surface area (Å²) >= 11 is 1.33. The van der Waals surface area contributed by atoms with Crippen LogP contribution in [0.15, 0.2) is 36.5 Å². The van der Waals surface area contributed by atoms with Gasteiger partial charge in [-0.2, -0.15) is 5.10 Å². The highest BCUT2D eigenvalue weighted by Crippen LogP contribution is 2.42. The van der Waals surface area contributed by atoms with Crippen molar-refractivity contribution in [1.29, 1.82) is 0 Å². The highest BCUT2D eigenvalue weighted by molar-refractivity contribution is 7.06. The van der Waals surface area contributed by atoms with Crippen LogP contribution in [0.4, 0.5) is 0 Å². The molecule has 7 nitrogen and oxygen atoms in total. The number of aromatic nitrogens is 4. The van der Waals surface area contributed by atoms with Crippen LogP contribution in [0, 0.1) is 0 Å². The van der Waals surface area contributed by atoms with Gasteiger partial charge >= 0.3 is 0 Å². The quantitative estimate of drug-likeness (QED) is 0.694. The molecule has 1 aliphatic carbocycles. The molecule has 2 aliphatic rings. The Bertz CT molecular complexity index is 980. The van der Waals surface area contributed by atoms with Crippen molar-refractivity contribution in [2.45, 2.75) is 37.8 Å². The number of rotatable bonds is 6. The third kappa shape index (κ3) is 3.57. The molecule has 0 bridgehead atoms. The van der Waals surface area contributed by atoms with Gasteiger partial charge in [0.2, 0.25) is 0 Å². The summed E-state index contributed by atoms with van der Waals surface area (Å²) in [6, 6.07) is 10.3. The van der Waals surface area contributed by atoms with Crippen LogP contribution in [0.25, 0.3) is 0 Å². The van der Waals surface area contributed by atoms with Gasteiger partial charge in [-0.1, -0.05) is 34.8 Å². The first-order valence-corrected chi connectivity index (χ1v) is 10.4. The maximum atomic E-state index is 12.6. The molecule has 1 aliphatic heterocycles. The number of nitrogens with one attached hydrogen (secondary N) is 1. The number of benzene rings is 1. The third-order valence-electron chi connectivity index (χ3n) is 5.18. The first-order valence-electron chi connectivity index (χ1n) is 9.60. The van der Waals surface area contributed by atoms with Crippen molar-refractivity contribution in [3.05, 3.63) is 63.9 Å². The van der Waals surface area contributed by atoms with Gasteiger partial charge in [-0.3, -0.25) is 9.48 Å². The molecule has 1 aromatic carbocycles. The maximum absolute atomic E-state index is 12.6. The van der Waals surface area contributed by atoms with E-state index < -0.39 is 0 Å². The first kappa shape index (κ1) is 17.5. The van der Waals surface area contributed by atoms with Crippen molar-refractivity contribution < 1.29 is 9.53 Å². The van der Waals surface area contributed by atoms with Crippen LogP contribution < -0.4 is 5.32 Å². The molecule has 3 heterocycles. The molecule has 1 atom stereocenters. The number of carbonyl (C=O) groups is 1. The summed E-state index contributed by atoms with van der Waals surface area (Å²) in [6.45, 7) is 1.74. The van der Waals surface area contributed by atoms with Crippen molar-refractivity contribution in [1.82, 2.24) is 24.7 Å². The Morgan fingerprint density at radius 2 is 2.14 bits per heavy atom. The predicted molar refractivity (Wildman–Crippen MR) is 104 cm³/mol. The van der Waals surface area contributed by atoms with Crippen molar-refractivity contribution in [3.8, 4) is 0 Å². The molecule has 1 amide bonds. The van der Waals surface area contributed by atoms with Crippen molar-refractivity contribution in [3.63, 3.8) is 0 Å². The highest BCUT2D eigenvalue weighted by Gasteiger charge is 2.32. The number of ether oxygens (including phenoxy) is 1. The minimum Gasteiger partial charge on any atom is -0.370 e. The Hall–Kier alpha value is -2.58. The van der Waals surface area contributed by atoms with E-state index in [2.05, 4.69) is 33.2 Å². The van der Waals surface area contributed by atoms with Gasteiger partial charge in [-0.25, -0.2) is 0 Å². The predicted octanol–water partition coefficient (Wildman–Crippen LogP) is 2.70. The van der Waals surface area contributed by atoms with Crippen LogP contribution in [0.3, 0.4) is 0 Å². The minimum atomic E-state index is -0.235. The second-order valence-corrected chi connectivity index (χ2v) is 8.09. The second kappa shape index (κ2) is 7.44. The normalized spacial score (nSPS) is 18.6. The van der Waals surface area contributed by atoms with Gasteiger partial charge in [0.25, 0.3) is 5.91 Å². The summed E-state index contributed by atoms with van der Waals surface area (Å²) in [6.07, 6.45) is 4.95. The molecule has 2 aromatic heterocycles. The molecule has 5 rings (SSSR count). The summed E-state index contributed by atoms with van der Waals surface area (Å²) < 4.78 is 11.8. The molecule has 1 saturated carbocycles. The number of nitrogens with zero attached hydrogens (tertiary/aromatic N) is 4. The fraction of sp³-hybridized carbons (Fsp3) is 0.400. The molecule has 28 heavy (non-hydrogen) atoms. The molecule has 0 spiro atoms. The lowest BCUT2D eigenvalue weighted by molar-refractivity contribution is 0.0382. The van der Waals surface area contributed by atoms with E-state index in [-0.39, 0.29) is 12.0 Å². The van der Waals surface area contributed by atoms with Crippen LogP contribution in [-0.4, -0.2) is 38.4 Å². The Kier molecular flexibility index (Phi) is 4.66. The first-order chi connectivity index (χ1) is 13.8. The largest absolute Gasteiger partial charge is 0.370 e. The van der Waals surface area contributed by atoms with E-state index in [9.17, 15) is 4.79 Å². The lowest BCUT2D eigenvalue weighted by atomic mass is 10.1. The van der Waals surface area contributed by atoms with E-state index in [4.69, 9.17) is 9.84 Å². The average molecular weight is 395 g/mol. The summed E-state index contributed by atoms with van der Waals surface area (Å²) in [4.78, 5) is 13.6. The number of fused-ring (bicyclic) bond motifs is 1. The van der Waals surface area contributed by atoms with Crippen LogP contribution in [0.5, 0.6) is 0 Å². The summed E-state index contributed by atoms with van der Waals surface area (Å²) in [7, 11) is 0. The molecule has 8 heteroatoms. The zero-order chi connectivity index (χ0) is 18.9. The van der Waals surface area contributed by atoms with Gasteiger partial charge in [0.05, 0.1) is 23.7 Å². The topological polar surface area (TPSA) is 81.9 Å². The number of carbonyl (C=O) groups excluding carboxylic acids is 1. The smallest absolute Gasteiger partial charge is 0.273 e. The van der Waals surface area contributed by atoms with Gasteiger partial charge < -0.3 is 10.1 Å². The van der Waals surface area contributed by atoms with Gasteiger partial charge in [0.15, 0.2) is 5.69 Å². The third-order valence-corrected chi connectivity index (χ3v) is 6.06. The Balaban J connectivity index is 1.27. The lowest BCUT2D eigenvalue weighted by Gasteiger charge is -2.22. The SMILES string of the molecule is O=C(NCC1OCCc2cn(Cc3ccccc3)nc21)c1nnsc1C1CC1. The minimum absolute atomic E-state index is 0.171. The molecule has 3 aromatic rings. The number of amides is 1. The van der Waals surface area contributed by atoms with Crippen LogP contribution >= 0.6 is 11.5 Å². The van der Waals surface area contributed by atoms with E-state index in [1.807, 2.05) is 22.9 Å². The zero-order valence-electron chi connectivity index (χ0n) is 15.4. The monoisotopic (exact) mass is 395 g/mol. The molecule has 1 N–H and O–H groups in total. The molecular weight excluding hydrogens is 374 g/mol. The van der Waals surface area contributed by atoms with E-state index in [1.54, 1.807) is 0 Å². The molecule has 1 unspecified atom stereocenters. The van der Waals surface area contributed by atoms with E-state index in [0.717, 1.165) is 36.4 Å². The van der Waals surface area contributed by atoms with Gasteiger partial charge in [-0.15, -0.1) is 5.10 Å². The van der Waals surface area contributed by atoms with E-state index in [0.29, 0.717) is 24.8 Å². The molecule has 0 radical (unpaired) electrons. The van der Waals surface area contributed by atoms with Gasteiger partial charge in [-0.05, 0) is 47.8 Å². The van der Waals surface area contributed by atoms with Crippen molar-refractivity contribution in [2.75, 3.05) is 13.2 Å². The fourth-order valence-electron chi connectivity index (χ4n) is 3.58. The Labute approximate surface area is 166 Å². The number of hydrogen-bond donors (Lipinski definition) is 1.